The number of hydrogen-bond acceptors (Lipinski definition) is 2. The first kappa shape index (κ1) is 12.0. The van der Waals surface area contributed by atoms with E-state index in [4.69, 9.17) is 4.74 Å². The molecule has 14 heavy (non-hydrogen) atoms. The lowest BCUT2D eigenvalue weighted by atomic mass is 9.86. The number of hydrogen-bond donors (Lipinski definition) is 1. The van der Waals surface area contributed by atoms with Gasteiger partial charge < -0.3 is 9.84 Å². The molecule has 0 aromatic heterocycles. The molecule has 0 aliphatic carbocycles. The molecule has 2 heteroatoms. The number of rotatable bonds is 5. The van der Waals surface area contributed by atoms with Crippen LogP contribution in [0.3, 0.4) is 0 Å². The minimum Gasteiger partial charge on any atom is -0.390 e. The maximum atomic E-state index is 10.3. The Balaban J connectivity index is 2.19. The zero-order chi connectivity index (χ0) is 10.4. The van der Waals surface area contributed by atoms with Gasteiger partial charge in [-0.1, -0.05) is 32.6 Å². The maximum absolute atomic E-state index is 10.3. The smallest absolute Gasteiger partial charge is 0.0694 e. The highest BCUT2D eigenvalue weighted by Crippen LogP contribution is 2.29. The molecule has 1 heterocycles. The van der Waals surface area contributed by atoms with E-state index >= 15 is 0 Å². The molecule has 0 saturated carbocycles. The Bertz CT molecular complexity index is 158. The van der Waals surface area contributed by atoms with Gasteiger partial charge in [-0.05, 0) is 19.8 Å². The van der Waals surface area contributed by atoms with E-state index in [0.717, 1.165) is 32.3 Å². The second-order valence-electron chi connectivity index (χ2n) is 4.67. The van der Waals surface area contributed by atoms with Crippen LogP contribution in [0.25, 0.3) is 0 Å². The van der Waals surface area contributed by atoms with Crippen LogP contribution in [-0.4, -0.2) is 23.4 Å². The third kappa shape index (κ3) is 3.97. The summed E-state index contributed by atoms with van der Waals surface area (Å²) in [5.74, 6) is 0. The number of unbranched alkanes of at least 4 members (excludes halogenated alkanes) is 3. The second-order valence-corrected chi connectivity index (χ2v) is 4.67. The SMILES string of the molecule is CCCCCCC1(O)CCOC(C)C1. The molecule has 0 aromatic rings. The second kappa shape index (κ2) is 5.72. The molecular weight excluding hydrogens is 176 g/mol. The van der Waals surface area contributed by atoms with Gasteiger partial charge >= 0.3 is 0 Å². The van der Waals surface area contributed by atoms with Gasteiger partial charge in [0.1, 0.15) is 0 Å². The van der Waals surface area contributed by atoms with Crippen LogP contribution in [-0.2, 0) is 4.74 Å². The van der Waals surface area contributed by atoms with E-state index in [9.17, 15) is 5.11 Å². The van der Waals surface area contributed by atoms with Crippen LogP contribution in [0.4, 0.5) is 0 Å². The molecule has 1 fully saturated rings. The minimum atomic E-state index is -0.425. The first-order valence-electron chi connectivity index (χ1n) is 6.00. The van der Waals surface area contributed by atoms with Gasteiger partial charge in [0.2, 0.25) is 0 Å². The van der Waals surface area contributed by atoms with Crippen LogP contribution in [0.5, 0.6) is 0 Å². The molecule has 0 amide bonds. The van der Waals surface area contributed by atoms with Crippen molar-refractivity contribution >= 4 is 0 Å². The first-order valence-corrected chi connectivity index (χ1v) is 6.00. The summed E-state index contributed by atoms with van der Waals surface area (Å²) < 4.78 is 5.44. The van der Waals surface area contributed by atoms with Gasteiger partial charge in [-0.3, -0.25) is 0 Å². The van der Waals surface area contributed by atoms with Gasteiger partial charge in [-0.25, -0.2) is 0 Å². The normalized spacial score (nSPS) is 33.2. The van der Waals surface area contributed by atoms with E-state index in [1.54, 1.807) is 0 Å². The van der Waals surface area contributed by atoms with Crippen LogP contribution in [0.1, 0.15) is 58.8 Å². The van der Waals surface area contributed by atoms with Gasteiger partial charge in [0.25, 0.3) is 0 Å². The predicted molar refractivity (Wildman–Crippen MR) is 58.4 cm³/mol. The van der Waals surface area contributed by atoms with Crippen LogP contribution in [0, 0.1) is 0 Å². The highest BCUT2D eigenvalue weighted by molar-refractivity contribution is 4.84. The molecule has 1 saturated heterocycles. The van der Waals surface area contributed by atoms with Crippen molar-refractivity contribution in [2.75, 3.05) is 6.61 Å². The van der Waals surface area contributed by atoms with Crippen molar-refractivity contribution in [2.45, 2.75) is 70.5 Å². The predicted octanol–water partition coefficient (Wildman–Crippen LogP) is 2.89. The fourth-order valence-corrected chi connectivity index (χ4v) is 2.25. The lowest BCUT2D eigenvalue weighted by molar-refractivity contribution is -0.101. The maximum Gasteiger partial charge on any atom is 0.0694 e. The number of ether oxygens (including phenoxy) is 1. The molecule has 2 nitrogen and oxygen atoms in total. The topological polar surface area (TPSA) is 29.5 Å². The molecule has 84 valence electrons. The van der Waals surface area contributed by atoms with E-state index < -0.39 is 5.60 Å². The summed E-state index contributed by atoms with van der Waals surface area (Å²) in [4.78, 5) is 0. The highest BCUT2D eigenvalue weighted by atomic mass is 16.5. The third-order valence-electron chi connectivity index (χ3n) is 3.13. The molecule has 0 spiro atoms. The van der Waals surface area contributed by atoms with Gasteiger partial charge in [0, 0.05) is 13.0 Å². The van der Waals surface area contributed by atoms with Crippen LogP contribution in [0.15, 0.2) is 0 Å². The molecule has 1 aliphatic heterocycles. The Morgan fingerprint density at radius 2 is 2.14 bits per heavy atom. The first-order chi connectivity index (χ1) is 6.66. The Labute approximate surface area is 87.7 Å². The fourth-order valence-electron chi connectivity index (χ4n) is 2.25. The quantitative estimate of drug-likeness (QED) is 0.691. The van der Waals surface area contributed by atoms with Gasteiger partial charge in [-0.2, -0.15) is 0 Å². The molecule has 0 radical (unpaired) electrons. The lowest BCUT2D eigenvalue weighted by Crippen LogP contribution is -2.39. The van der Waals surface area contributed by atoms with Gasteiger partial charge in [-0.15, -0.1) is 0 Å². The molecular formula is C12H24O2. The third-order valence-corrected chi connectivity index (χ3v) is 3.13. The van der Waals surface area contributed by atoms with E-state index in [-0.39, 0.29) is 6.10 Å². The summed E-state index contributed by atoms with van der Waals surface area (Å²) in [7, 11) is 0. The van der Waals surface area contributed by atoms with Crippen molar-refractivity contribution in [3.63, 3.8) is 0 Å². The van der Waals surface area contributed by atoms with Gasteiger partial charge in [0.15, 0.2) is 0 Å². The minimum absolute atomic E-state index is 0.236. The molecule has 1 N–H and O–H groups in total. The summed E-state index contributed by atoms with van der Waals surface area (Å²) >= 11 is 0. The Hall–Kier alpha value is -0.0800. The summed E-state index contributed by atoms with van der Waals surface area (Å²) in [6.45, 7) is 4.99. The number of aliphatic hydroxyl groups is 1. The van der Waals surface area contributed by atoms with Crippen molar-refractivity contribution in [3.8, 4) is 0 Å². The Morgan fingerprint density at radius 1 is 1.36 bits per heavy atom. The van der Waals surface area contributed by atoms with Crippen molar-refractivity contribution in [1.82, 2.24) is 0 Å². The molecule has 1 aliphatic rings. The molecule has 2 unspecified atom stereocenters. The fraction of sp³-hybridized carbons (Fsp3) is 1.00. The summed E-state index contributed by atoms with van der Waals surface area (Å²) in [5, 5.41) is 10.3. The van der Waals surface area contributed by atoms with E-state index in [1.807, 2.05) is 0 Å². The Kier molecular flexibility index (Phi) is 4.90. The van der Waals surface area contributed by atoms with E-state index in [2.05, 4.69) is 13.8 Å². The monoisotopic (exact) mass is 200 g/mol. The zero-order valence-corrected chi connectivity index (χ0v) is 9.59. The van der Waals surface area contributed by atoms with Gasteiger partial charge in [0.05, 0.1) is 11.7 Å². The lowest BCUT2D eigenvalue weighted by Gasteiger charge is -2.35. The average Bonchev–Trinajstić information content (AvgIpc) is 2.12. The van der Waals surface area contributed by atoms with Crippen LogP contribution in [0.2, 0.25) is 0 Å². The summed E-state index contributed by atoms with van der Waals surface area (Å²) in [5.41, 5.74) is -0.425. The van der Waals surface area contributed by atoms with Crippen LogP contribution < -0.4 is 0 Å². The zero-order valence-electron chi connectivity index (χ0n) is 9.59. The molecule has 1 rings (SSSR count). The van der Waals surface area contributed by atoms with E-state index in [1.165, 1.54) is 19.3 Å². The summed E-state index contributed by atoms with van der Waals surface area (Å²) in [6.07, 6.45) is 7.81. The molecule has 2 atom stereocenters. The average molecular weight is 200 g/mol. The Morgan fingerprint density at radius 3 is 2.79 bits per heavy atom. The molecule has 0 aromatic carbocycles. The van der Waals surface area contributed by atoms with Crippen molar-refractivity contribution in [2.24, 2.45) is 0 Å². The van der Waals surface area contributed by atoms with E-state index in [0.29, 0.717) is 0 Å². The van der Waals surface area contributed by atoms with Crippen molar-refractivity contribution < 1.29 is 9.84 Å². The van der Waals surface area contributed by atoms with Crippen molar-refractivity contribution in [1.29, 1.82) is 0 Å². The van der Waals surface area contributed by atoms with Crippen LogP contribution >= 0.6 is 0 Å². The molecule has 0 bridgehead atoms. The highest BCUT2D eigenvalue weighted by Gasteiger charge is 2.32. The standard InChI is InChI=1S/C12H24O2/c1-3-4-5-6-7-12(13)8-9-14-11(2)10-12/h11,13H,3-10H2,1-2H3. The largest absolute Gasteiger partial charge is 0.390 e. The summed E-state index contributed by atoms with van der Waals surface area (Å²) in [6, 6.07) is 0. The van der Waals surface area contributed by atoms with Crippen molar-refractivity contribution in [3.05, 3.63) is 0 Å².